The second-order valence-electron chi connectivity index (χ2n) is 6.36. The summed E-state index contributed by atoms with van der Waals surface area (Å²) in [5, 5.41) is 3.73. The van der Waals surface area contributed by atoms with Crippen molar-refractivity contribution in [3.63, 3.8) is 0 Å². The Morgan fingerprint density at radius 2 is 2.33 bits per heavy atom. The lowest BCUT2D eigenvalue weighted by molar-refractivity contribution is 0.305. The van der Waals surface area contributed by atoms with Crippen LogP contribution in [0.5, 0.6) is 0 Å². The Morgan fingerprint density at radius 3 is 3.00 bits per heavy atom. The molecule has 0 saturated heterocycles. The fraction of sp³-hybridized carbons (Fsp3) is 0.750. The molecule has 1 N–H and O–H groups in total. The summed E-state index contributed by atoms with van der Waals surface area (Å²) in [7, 11) is 0. The highest BCUT2D eigenvalue weighted by Crippen LogP contribution is 2.47. The van der Waals surface area contributed by atoms with Crippen LogP contribution in [0.15, 0.2) is 22.8 Å². The second-order valence-corrected chi connectivity index (χ2v) is 6.36. The lowest BCUT2D eigenvalue weighted by Gasteiger charge is -2.24. The number of fused-ring (bicyclic) bond motifs is 2. The third-order valence-corrected chi connectivity index (χ3v) is 5.02. The van der Waals surface area contributed by atoms with E-state index in [4.69, 9.17) is 4.42 Å². The van der Waals surface area contributed by atoms with Gasteiger partial charge >= 0.3 is 0 Å². The van der Waals surface area contributed by atoms with Crippen LogP contribution in [0.4, 0.5) is 0 Å². The molecule has 0 aliphatic heterocycles. The zero-order chi connectivity index (χ0) is 12.4. The molecule has 1 heterocycles. The zero-order valence-electron chi connectivity index (χ0n) is 11.4. The maximum absolute atomic E-state index is 5.37. The van der Waals surface area contributed by atoms with Gasteiger partial charge in [0, 0.05) is 12.5 Å². The maximum atomic E-state index is 5.37. The van der Waals surface area contributed by atoms with E-state index in [1.807, 2.05) is 6.07 Å². The Hall–Kier alpha value is -0.760. The molecule has 2 aliphatic rings. The van der Waals surface area contributed by atoms with E-state index in [0.717, 1.165) is 29.9 Å². The van der Waals surface area contributed by atoms with Crippen LogP contribution < -0.4 is 5.32 Å². The van der Waals surface area contributed by atoms with E-state index in [1.165, 1.54) is 38.6 Å². The van der Waals surface area contributed by atoms with Crippen LogP contribution in [-0.4, -0.2) is 12.6 Å². The highest BCUT2D eigenvalue weighted by atomic mass is 16.3. The monoisotopic (exact) mass is 247 g/mol. The van der Waals surface area contributed by atoms with Crippen molar-refractivity contribution in [2.24, 2.45) is 17.8 Å². The summed E-state index contributed by atoms with van der Waals surface area (Å²) in [5.74, 6) is 4.19. The Balaban J connectivity index is 1.35. The van der Waals surface area contributed by atoms with E-state index in [2.05, 4.69) is 18.3 Å². The molecule has 0 radical (unpaired) electrons. The SMILES string of the molecule is CC(CCc1ccco1)NCC1CC2CCC1C2. The lowest BCUT2D eigenvalue weighted by atomic mass is 9.88. The second kappa shape index (κ2) is 5.48. The van der Waals surface area contributed by atoms with Crippen LogP contribution in [0.2, 0.25) is 0 Å². The van der Waals surface area contributed by atoms with Gasteiger partial charge in [-0.1, -0.05) is 6.42 Å². The summed E-state index contributed by atoms with van der Waals surface area (Å²) in [4.78, 5) is 0. The molecule has 2 fully saturated rings. The Morgan fingerprint density at radius 1 is 1.39 bits per heavy atom. The van der Waals surface area contributed by atoms with Crippen LogP contribution in [0.3, 0.4) is 0 Å². The van der Waals surface area contributed by atoms with E-state index in [-0.39, 0.29) is 0 Å². The summed E-state index contributed by atoms with van der Waals surface area (Å²) < 4.78 is 5.37. The van der Waals surface area contributed by atoms with Crippen molar-refractivity contribution in [2.45, 2.75) is 51.5 Å². The highest BCUT2D eigenvalue weighted by molar-refractivity contribution is 4.98. The van der Waals surface area contributed by atoms with Crippen LogP contribution >= 0.6 is 0 Å². The molecule has 0 aromatic carbocycles. The first-order valence-corrected chi connectivity index (χ1v) is 7.57. The summed E-state index contributed by atoms with van der Waals surface area (Å²) in [6.45, 7) is 3.54. The molecule has 4 unspecified atom stereocenters. The van der Waals surface area contributed by atoms with Crippen molar-refractivity contribution < 1.29 is 4.42 Å². The molecule has 4 atom stereocenters. The topological polar surface area (TPSA) is 25.2 Å². The van der Waals surface area contributed by atoms with Gasteiger partial charge in [0.15, 0.2) is 0 Å². The Labute approximate surface area is 110 Å². The van der Waals surface area contributed by atoms with Gasteiger partial charge in [-0.3, -0.25) is 0 Å². The van der Waals surface area contributed by atoms with Crippen molar-refractivity contribution in [1.29, 1.82) is 0 Å². The van der Waals surface area contributed by atoms with Crippen molar-refractivity contribution in [3.8, 4) is 0 Å². The molecule has 1 aromatic rings. The lowest BCUT2D eigenvalue weighted by Crippen LogP contribution is -2.33. The molecule has 18 heavy (non-hydrogen) atoms. The molecule has 3 rings (SSSR count). The Kier molecular flexibility index (Phi) is 3.74. The average molecular weight is 247 g/mol. The summed E-state index contributed by atoms with van der Waals surface area (Å²) in [6, 6.07) is 4.65. The van der Waals surface area contributed by atoms with Crippen molar-refractivity contribution >= 4 is 0 Å². The first-order chi connectivity index (χ1) is 8.81. The van der Waals surface area contributed by atoms with Crippen LogP contribution in [0.25, 0.3) is 0 Å². The first-order valence-electron chi connectivity index (χ1n) is 7.57. The minimum atomic E-state index is 0.606. The van der Waals surface area contributed by atoms with Gasteiger partial charge in [0.2, 0.25) is 0 Å². The predicted molar refractivity (Wildman–Crippen MR) is 73.4 cm³/mol. The van der Waals surface area contributed by atoms with Gasteiger partial charge in [-0.05, 0) is 69.0 Å². The number of aryl methyl sites for hydroxylation is 1. The Bertz CT molecular complexity index is 359. The van der Waals surface area contributed by atoms with Crippen molar-refractivity contribution in [3.05, 3.63) is 24.2 Å². The van der Waals surface area contributed by atoms with Gasteiger partial charge in [-0.25, -0.2) is 0 Å². The van der Waals surface area contributed by atoms with E-state index >= 15 is 0 Å². The van der Waals surface area contributed by atoms with E-state index in [9.17, 15) is 0 Å². The van der Waals surface area contributed by atoms with Gasteiger partial charge in [-0.15, -0.1) is 0 Å². The average Bonchev–Trinajstić information content (AvgIpc) is 3.09. The minimum Gasteiger partial charge on any atom is -0.469 e. The zero-order valence-corrected chi connectivity index (χ0v) is 11.4. The number of hydrogen-bond donors (Lipinski definition) is 1. The molecule has 2 aliphatic carbocycles. The predicted octanol–water partition coefficient (Wildman–Crippen LogP) is 3.63. The number of hydrogen-bond acceptors (Lipinski definition) is 2. The molecular weight excluding hydrogens is 222 g/mol. The summed E-state index contributed by atoms with van der Waals surface area (Å²) >= 11 is 0. The number of rotatable bonds is 6. The highest BCUT2D eigenvalue weighted by Gasteiger charge is 2.38. The van der Waals surface area contributed by atoms with Crippen molar-refractivity contribution in [2.75, 3.05) is 6.54 Å². The van der Waals surface area contributed by atoms with E-state index in [1.54, 1.807) is 6.26 Å². The molecule has 100 valence electrons. The molecule has 2 heteroatoms. The molecule has 2 saturated carbocycles. The van der Waals surface area contributed by atoms with Crippen molar-refractivity contribution in [1.82, 2.24) is 5.32 Å². The summed E-state index contributed by atoms with van der Waals surface area (Å²) in [6.07, 6.45) is 10.0. The van der Waals surface area contributed by atoms with Gasteiger partial charge in [-0.2, -0.15) is 0 Å². The van der Waals surface area contributed by atoms with Gasteiger partial charge in [0.05, 0.1) is 6.26 Å². The molecule has 1 aromatic heterocycles. The summed E-state index contributed by atoms with van der Waals surface area (Å²) in [5.41, 5.74) is 0. The molecular formula is C16H25NO. The molecule has 2 nitrogen and oxygen atoms in total. The van der Waals surface area contributed by atoms with Crippen LogP contribution in [0, 0.1) is 17.8 Å². The first kappa shape index (κ1) is 12.3. The molecule has 0 spiro atoms. The largest absolute Gasteiger partial charge is 0.469 e. The third-order valence-electron chi connectivity index (χ3n) is 5.02. The number of furan rings is 1. The molecule has 2 bridgehead atoms. The number of nitrogens with one attached hydrogen (secondary N) is 1. The van der Waals surface area contributed by atoms with E-state index < -0.39 is 0 Å². The third kappa shape index (κ3) is 2.80. The normalized spacial score (nSPS) is 31.9. The van der Waals surface area contributed by atoms with Gasteiger partial charge < -0.3 is 9.73 Å². The fourth-order valence-corrected chi connectivity index (χ4v) is 3.89. The quantitative estimate of drug-likeness (QED) is 0.830. The van der Waals surface area contributed by atoms with Crippen LogP contribution in [-0.2, 0) is 6.42 Å². The van der Waals surface area contributed by atoms with Crippen LogP contribution in [0.1, 0.15) is 44.8 Å². The molecule has 0 amide bonds. The maximum Gasteiger partial charge on any atom is 0.103 e. The van der Waals surface area contributed by atoms with Gasteiger partial charge in [0.1, 0.15) is 5.76 Å². The van der Waals surface area contributed by atoms with Gasteiger partial charge in [0.25, 0.3) is 0 Å². The van der Waals surface area contributed by atoms with E-state index in [0.29, 0.717) is 6.04 Å². The standard InChI is InChI=1S/C16H25NO/c1-12(4-7-16-3-2-8-18-16)17-11-15-10-13-5-6-14(15)9-13/h2-3,8,12-15,17H,4-7,9-11H2,1H3. The smallest absolute Gasteiger partial charge is 0.103 e. The minimum absolute atomic E-state index is 0.606. The fourth-order valence-electron chi connectivity index (χ4n) is 3.89.